The molecule has 152 valence electrons. The summed E-state index contributed by atoms with van der Waals surface area (Å²) in [5, 5.41) is 0.0134. The maximum atomic E-state index is 13.6. The topological polar surface area (TPSA) is 38.9 Å². The van der Waals surface area contributed by atoms with Crippen LogP contribution in [0.25, 0.3) is 22.4 Å². The van der Waals surface area contributed by atoms with Gasteiger partial charge in [0.25, 0.3) is 0 Å². The van der Waals surface area contributed by atoms with E-state index in [4.69, 9.17) is 75.3 Å². The quantitative estimate of drug-likeness (QED) is 0.342. The Bertz CT molecular complexity index is 1050. The fraction of sp³-hybridized carbons (Fsp3) is 0.0556. The molecule has 0 aliphatic carbocycles. The van der Waals surface area contributed by atoms with Crippen LogP contribution >= 0.6 is 69.6 Å². The third kappa shape index (κ3) is 4.22. The van der Waals surface area contributed by atoms with Gasteiger partial charge in [-0.15, -0.1) is 0 Å². The van der Waals surface area contributed by atoms with Gasteiger partial charge in [-0.05, 0) is 30.3 Å². The standard InChI is InChI=1S/C18H7Cl6F3N2/c19-7-1-3-9(21)14(23)12(7)6-5-11(18(25,26)27)29-17(16(6)28)13-8(20)2-4-10(22)15(13)24/h1-5H,28H2. The lowest BCUT2D eigenvalue weighted by molar-refractivity contribution is -0.141. The molecule has 3 aromatic rings. The molecule has 2 aromatic carbocycles. The van der Waals surface area contributed by atoms with Crippen LogP contribution in [0.4, 0.5) is 18.9 Å². The Balaban J connectivity index is 2.47. The summed E-state index contributed by atoms with van der Waals surface area (Å²) in [6.07, 6.45) is -4.81. The van der Waals surface area contributed by atoms with Gasteiger partial charge >= 0.3 is 6.18 Å². The summed E-state index contributed by atoms with van der Waals surface area (Å²) in [5.41, 5.74) is 4.25. The molecule has 3 rings (SSSR count). The van der Waals surface area contributed by atoms with Gasteiger partial charge in [-0.2, -0.15) is 13.2 Å². The number of hydrogen-bond donors (Lipinski definition) is 1. The van der Waals surface area contributed by atoms with E-state index in [-0.39, 0.29) is 58.2 Å². The van der Waals surface area contributed by atoms with Crippen molar-refractivity contribution in [2.24, 2.45) is 0 Å². The maximum Gasteiger partial charge on any atom is 0.433 e. The van der Waals surface area contributed by atoms with Crippen LogP contribution in [0.3, 0.4) is 0 Å². The predicted molar refractivity (Wildman–Crippen MR) is 115 cm³/mol. The molecule has 2 nitrogen and oxygen atoms in total. The van der Waals surface area contributed by atoms with Crippen molar-refractivity contribution in [3.63, 3.8) is 0 Å². The molecule has 0 aliphatic rings. The molecule has 1 heterocycles. The van der Waals surface area contributed by atoms with Crippen molar-refractivity contribution >= 4 is 75.3 Å². The van der Waals surface area contributed by atoms with E-state index in [1.54, 1.807) is 0 Å². The first-order chi connectivity index (χ1) is 13.4. The molecular weight excluding hydrogens is 514 g/mol. The zero-order chi connectivity index (χ0) is 21.7. The fourth-order valence-corrected chi connectivity index (χ4v) is 4.05. The molecule has 0 spiro atoms. The van der Waals surface area contributed by atoms with E-state index in [2.05, 4.69) is 4.98 Å². The molecule has 0 aliphatic heterocycles. The fourth-order valence-electron chi connectivity index (χ4n) is 2.62. The highest BCUT2D eigenvalue weighted by Crippen LogP contribution is 2.48. The van der Waals surface area contributed by atoms with Gasteiger partial charge < -0.3 is 5.73 Å². The Labute approximate surface area is 193 Å². The van der Waals surface area contributed by atoms with Gasteiger partial charge in [0.15, 0.2) is 0 Å². The molecule has 0 saturated heterocycles. The first-order valence-electron chi connectivity index (χ1n) is 7.59. The number of benzene rings is 2. The van der Waals surface area contributed by atoms with Crippen molar-refractivity contribution in [2.45, 2.75) is 6.18 Å². The average Bonchev–Trinajstić information content (AvgIpc) is 2.63. The third-order valence-corrected chi connectivity index (χ3v) is 6.18. The van der Waals surface area contributed by atoms with Gasteiger partial charge in [-0.1, -0.05) is 69.6 Å². The van der Waals surface area contributed by atoms with Crippen molar-refractivity contribution in [1.29, 1.82) is 0 Å². The lowest BCUT2D eigenvalue weighted by Gasteiger charge is -2.18. The van der Waals surface area contributed by atoms with Crippen LogP contribution in [-0.4, -0.2) is 4.98 Å². The van der Waals surface area contributed by atoms with Crippen LogP contribution in [0.5, 0.6) is 0 Å². The normalized spacial score (nSPS) is 11.8. The van der Waals surface area contributed by atoms with E-state index in [0.717, 1.165) is 6.07 Å². The molecule has 29 heavy (non-hydrogen) atoms. The molecule has 0 unspecified atom stereocenters. The SMILES string of the molecule is Nc1c(-c2c(Cl)ccc(Cl)c2Cl)cc(C(F)(F)F)nc1-c1c(Cl)ccc(Cl)c1Cl. The van der Waals surface area contributed by atoms with Crippen LogP contribution in [0, 0.1) is 0 Å². The minimum Gasteiger partial charge on any atom is -0.396 e. The van der Waals surface area contributed by atoms with E-state index in [9.17, 15) is 13.2 Å². The molecule has 2 N–H and O–H groups in total. The molecule has 0 bridgehead atoms. The van der Waals surface area contributed by atoms with Gasteiger partial charge in [0.05, 0.1) is 41.5 Å². The second-order valence-electron chi connectivity index (χ2n) is 5.75. The summed E-state index contributed by atoms with van der Waals surface area (Å²) >= 11 is 36.8. The highest BCUT2D eigenvalue weighted by atomic mass is 35.5. The highest BCUT2D eigenvalue weighted by Gasteiger charge is 2.35. The number of aromatic nitrogens is 1. The number of anilines is 1. The minimum atomic E-state index is -4.81. The molecular formula is C18H7Cl6F3N2. The first-order valence-corrected chi connectivity index (χ1v) is 9.85. The number of nitrogen functional groups attached to an aromatic ring is 1. The number of halogens is 9. The zero-order valence-corrected chi connectivity index (χ0v) is 18.3. The molecule has 0 amide bonds. The second kappa shape index (κ2) is 8.22. The summed E-state index contributed by atoms with van der Waals surface area (Å²) in [7, 11) is 0. The van der Waals surface area contributed by atoms with E-state index in [0.29, 0.717) is 0 Å². The lowest BCUT2D eigenvalue weighted by Crippen LogP contribution is -2.11. The lowest BCUT2D eigenvalue weighted by atomic mass is 9.99. The monoisotopic (exact) mass is 518 g/mol. The van der Waals surface area contributed by atoms with E-state index < -0.39 is 11.9 Å². The number of hydrogen-bond acceptors (Lipinski definition) is 2. The minimum absolute atomic E-state index is 0.00663. The van der Waals surface area contributed by atoms with Crippen molar-refractivity contribution in [3.8, 4) is 22.4 Å². The summed E-state index contributed by atoms with van der Waals surface area (Å²) in [4.78, 5) is 3.65. The molecule has 0 radical (unpaired) electrons. The van der Waals surface area contributed by atoms with E-state index in [1.807, 2.05) is 0 Å². The van der Waals surface area contributed by atoms with Crippen LogP contribution in [0.15, 0.2) is 30.3 Å². The third-order valence-electron chi connectivity index (χ3n) is 3.94. The maximum absolute atomic E-state index is 13.6. The predicted octanol–water partition coefficient (Wildman–Crippen LogP) is 8.94. The van der Waals surface area contributed by atoms with Gasteiger partial charge in [-0.25, -0.2) is 4.98 Å². The van der Waals surface area contributed by atoms with E-state index >= 15 is 0 Å². The Hall–Kier alpha value is -1.08. The number of nitrogens with two attached hydrogens (primary N) is 1. The number of nitrogens with zero attached hydrogens (tertiary/aromatic N) is 1. The molecule has 1 aromatic heterocycles. The van der Waals surface area contributed by atoms with Gasteiger partial charge in [0.1, 0.15) is 5.69 Å². The summed E-state index contributed by atoms with van der Waals surface area (Å²) < 4.78 is 40.8. The summed E-state index contributed by atoms with van der Waals surface area (Å²) in [6.45, 7) is 0. The summed E-state index contributed by atoms with van der Waals surface area (Å²) in [5.74, 6) is 0. The Morgan fingerprint density at radius 2 is 1.17 bits per heavy atom. The van der Waals surface area contributed by atoms with Crippen molar-refractivity contribution in [1.82, 2.24) is 4.98 Å². The smallest absolute Gasteiger partial charge is 0.396 e. The number of pyridine rings is 1. The summed E-state index contributed by atoms with van der Waals surface area (Å²) in [6, 6.07) is 6.28. The van der Waals surface area contributed by atoms with Gasteiger partial charge in [0.2, 0.25) is 0 Å². The largest absolute Gasteiger partial charge is 0.433 e. The van der Waals surface area contributed by atoms with Crippen LogP contribution in [0.2, 0.25) is 30.1 Å². The average molecular weight is 521 g/mol. The van der Waals surface area contributed by atoms with Crippen molar-refractivity contribution in [3.05, 3.63) is 66.2 Å². The van der Waals surface area contributed by atoms with Gasteiger partial charge in [0, 0.05) is 16.7 Å². The Morgan fingerprint density at radius 1 is 0.724 bits per heavy atom. The molecule has 0 atom stereocenters. The van der Waals surface area contributed by atoms with Crippen molar-refractivity contribution < 1.29 is 13.2 Å². The Kier molecular flexibility index (Phi) is 6.40. The molecule has 0 fully saturated rings. The Morgan fingerprint density at radius 3 is 1.69 bits per heavy atom. The highest BCUT2D eigenvalue weighted by molar-refractivity contribution is 6.47. The number of alkyl halides is 3. The van der Waals surface area contributed by atoms with Crippen LogP contribution in [-0.2, 0) is 6.18 Å². The van der Waals surface area contributed by atoms with Crippen LogP contribution in [0.1, 0.15) is 5.69 Å². The first kappa shape index (κ1) is 22.6. The van der Waals surface area contributed by atoms with Crippen LogP contribution < -0.4 is 5.73 Å². The van der Waals surface area contributed by atoms with Crippen molar-refractivity contribution in [2.75, 3.05) is 5.73 Å². The second-order valence-corrected chi connectivity index (χ2v) is 8.14. The zero-order valence-electron chi connectivity index (χ0n) is 13.8. The number of rotatable bonds is 2. The molecule has 0 saturated carbocycles. The van der Waals surface area contributed by atoms with Gasteiger partial charge in [-0.3, -0.25) is 0 Å². The molecule has 11 heteroatoms. The van der Waals surface area contributed by atoms with E-state index in [1.165, 1.54) is 24.3 Å².